The summed E-state index contributed by atoms with van der Waals surface area (Å²) in [6.07, 6.45) is 0. The molecule has 20 heavy (non-hydrogen) atoms. The molecule has 4 nitrogen and oxygen atoms in total. The first kappa shape index (κ1) is 16.5. The third-order valence-corrected chi connectivity index (χ3v) is 2.95. The maximum Gasteiger partial charge on any atom is 0.134 e. The zero-order chi connectivity index (χ0) is 15.0. The van der Waals surface area contributed by atoms with Crippen LogP contribution in [0.25, 0.3) is 0 Å². The van der Waals surface area contributed by atoms with Crippen LogP contribution >= 0.6 is 0 Å². The lowest BCUT2D eigenvalue weighted by molar-refractivity contribution is 0.276. The highest BCUT2D eigenvalue weighted by Gasteiger charge is 2.05. The quantitative estimate of drug-likeness (QED) is 0.787. The van der Waals surface area contributed by atoms with E-state index < -0.39 is 0 Å². The van der Waals surface area contributed by atoms with Crippen molar-refractivity contribution >= 4 is 0 Å². The summed E-state index contributed by atoms with van der Waals surface area (Å²) in [5.41, 5.74) is 2.01. The number of nitrogens with zero attached hydrogens (tertiary/aromatic N) is 2. The topological polar surface area (TPSA) is 35.9 Å². The molecule has 0 atom stereocenters. The smallest absolute Gasteiger partial charge is 0.134 e. The normalized spacial score (nSPS) is 10.6. The third kappa shape index (κ3) is 5.62. The van der Waals surface area contributed by atoms with Crippen LogP contribution in [-0.4, -0.2) is 62.9 Å². The molecule has 0 spiro atoms. The van der Waals surface area contributed by atoms with Crippen LogP contribution in [0.1, 0.15) is 11.1 Å². The molecular weight excluding hydrogens is 252 g/mol. The minimum Gasteiger partial charge on any atom is -0.495 e. The molecule has 0 aliphatic rings. The van der Waals surface area contributed by atoms with E-state index in [4.69, 9.17) is 9.84 Å². The fourth-order valence-electron chi connectivity index (χ4n) is 1.85. The number of hydrogen-bond donors (Lipinski definition) is 1. The van der Waals surface area contributed by atoms with Crippen LogP contribution in [0.4, 0.5) is 0 Å². The summed E-state index contributed by atoms with van der Waals surface area (Å²) in [5, 5.41) is 8.80. The predicted molar refractivity (Wildman–Crippen MR) is 81.8 cm³/mol. The molecule has 0 fully saturated rings. The molecule has 0 radical (unpaired) electrons. The van der Waals surface area contributed by atoms with E-state index in [2.05, 4.69) is 48.9 Å². The molecule has 0 aromatic heterocycles. The molecule has 1 rings (SSSR count). The summed E-state index contributed by atoms with van der Waals surface area (Å²) < 4.78 is 5.28. The van der Waals surface area contributed by atoms with E-state index in [1.165, 1.54) is 5.56 Å². The van der Waals surface area contributed by atoms with Crippen molar-refractivity contribution in [3.63, 3.8) is 0 Å². The van der Waals surface area contributed by atoms with E-state index in [1.54, 1.807) is 7.11 Å². The van der Waals surface area contributed by atoms with Gasteiger partial charge in [-0.05, 0) is 38.8 Å². The molecule has 0 unspecified atom stereocenters. The summed E-state index contributed by atoms with van der Waals surface area (Å²) in [5.74, 6) is 6.33. The molecule has 0 heterocycles. The number of hydrogen-bond acceptors (Lipinski definition) is 4. The lowest BCUT2D eigenvalue weighted by Gasteiger charge is -2.19. The first-order chi connectivity index (χ1) is 9.56. The molecule has 0 aliphatic heterocycles. The van der Waals surface area contributed by atoms with Crippen LogP contribution in [0.2, 0.25) is 0 Å². The summed E-state index contributed by atoms with van der Waals surface area (Å²) >= 11 is 0. The fraction of sp³-hybridized carbons (Fsp3) is 0.500. The van der Waals surface area contributed by atoms with Gasteiger partial charge in [-0.2, -0.15) is 0 Å². The van der Waals surface area contributed by atoms with Gasteiger partial charge in [0.1, 0.15) is 12.4 Å². The van der Waals surface area contributed by atoms with Gasteiger partial charge >= 0.3 is 0 Å². The highest BCUT2D eigenvalue weighted by molar-refractivity contribution is 5.48. The van der Waals surface area contributed by atoms with Crippen LogP contribution in [0.3, 0.4) is 0 Å². The molecule has 0 aliphatic carbocycles. The molecule has 0 saturated heterocycles. The minimum absolute atomic E-state index is 0.143. The second-order valence-corrected chi connectivity index (χ2v) is 5.04. The number of benzene rings is 1. The Balaban J connectivity index is 2.76. The lowest BCUT2D eigenvalue weighted by Crippen LogP contribution is -2.28. The molecule has 0 amide bonds. The van der Waals surface area contributed by atoms with Gasteiger partial charge in [-0.3, -0.25) is 0 Å². The van der Waals surface area contributed by atoms with Crippen LogP contribution in [-0.2, 0) is 6.54 Å². The third-order valence-electron chi connectivity index (χ3n) is 2.95. The second kappa shape index (κ2) is 8.60. The number of likely N-dealkylation sites (N-methyl/N-ethyl adjacent to an activating group) is 2. The van der Waals surface area contributed by atoms with E-state index in [9.17, 15) is 0 Å². The molecule has 1 N–H and O–H groups in total. The zero-order valence-electron chi connectivity index (χ0n) is 12.8. The molecule has 110 valence electrons. The molecule has 0 saturated carbocycles. The molecule has 1 aromatic carbocycles. The van der Waals surface area contributed by atoms with Crippen molar-refractivity contribution in [3.05, 3.63) is 29.3 Å². The van der Waals surface area contributed by atoms with Gasteiger partial charge in [-0.15, -0.1) is 0 Å². The van der Waals surface area contributed by atoms with Crippen molar-refractivity contribution in [2.45, 2.75) is 6.54 Å². The summed E-state index contributed by atoms with van der Waals surface area (Å²) in [4.78, 5) is 4.44. The van der Waals surface area contributed by atoms with Gasteiger partial charge < -0.3 is 19.6 Å². The Morgan fingerprint density at radius 2 is 1.95 bits per heavy atom. The van der Waals surface area contributed by atoms with E-state index in [0.717, 1.165) is 30.9 Å². The maximum absolute atomic E-state index is 8.80. The first-order valence-electron chi connectivity index (χ1n) is 6.66. The largest absolute Gasteiger partial charge is 0.495 e. The highest BCUT2D eigenvalue weighted by atomic mass is 16.5. The standard InChI is InChI=1S/C16H24N2O2/c1-17(2)9-10-18(3)13-14-7-8-16(20-4)15(12-14)6-5-11-19/h7-8,12,19H,9-11,13H2,1-4H3. The van der Waals surface area contributed by atoms with Gasteiger partial charge in [0.25, 0.3) is 0 Å². The van der Waals surface area contributed by atoms with Gasteiger partial charge in [-0.25, -0.2) is 0 Å². The number of methoxy groups -OCH3 is 1. The highest BCUT2D eigenvalue weighted by Crippen LogP contribution is 2.19. The fourth-order valence-corrected chi connectivity index (χ4v) is 1.85. The van der Waals surface area contributed by atoms with E-state index >= 15 is 0 Å². The van der Waals surface area contributed by atoms with Gasteiger partial charge in [0.05, 0.1) is 12.7 Å². The van der Waals surface area contributed by atoms with Crippen molar-refractivity contribution in [3.8, 4) is 17.6 Å². The summed E-state index contributed by atoms with van der Waals surface area (Å²) in [6, 6.07) is 6.00. The average Bonchev–Trinajstić information content (AvgIpc) is 2.43. The Hall–Kier alpha value is -1.54. The van der Waals surface area contributed by atoms with Crippen LogP contribution in [0, 0.1) is 11.8 Å². The average molecular weight is 276 g/mol. The molecular formula is C16H24N2O2. The van der Waals surface area contributed by atoms with E-state index in [-0.39, 0.29) is 6.61 Å². The molecule has 0 bridgehead atoms. The summed E-state index contributed by atoms with van der Waals surface area (Å²) in [6.45, 7) is 2.77. The van der Waals surface area contributed by atoms with Crippen molar-refractivity contribution in [2.24, 2.45) is 0 Å². The number of aliphatic hydroxyl groups excluding tert-OH is 1. The van der Waals surface area contributed by atoms with Crippen molar-refractivity contribution in [1.29, 1.82) is 0 Å². The van der Waals surface area contributed by atoms with Crippen molar-refractivity contribution in [1.82, 2.24) is 9.80 Å². The van der Waals surface area contributed by atoms with Crippen molar-refractivity contribution in [2.75, 3.05) is 47.9 Å². The molecule has 4 heteroatoms. The Morgan fingerprint density at radius 1 is 1.20 bits per heavy atom. The molecule has 1 aromatic rings. The number of ether oxygens (including phenoxy) is 1. The SMILES string of the molecule is COc1ccc(CN(C)CCN(C)C)cc1C#CCO. The second-order valence-electron chi connectivity index (χ2n) is 5.04. The lowest BCUT2D eigenvalue weighted by atomic mass is 10.1. The van der Waals surface area contributed by atoms with E-state index in [0.29, 0.717) is 0 Å². The van der Waals surface area contributed by atoms with Gasteiger partial charge in [0.15, 0.2) is 0 Å². The Kier molecular flexibility index (Phi) is 7.10. The van der Waals surface area contributed by atoms with Gasteiger partial charge in [0, 0.05) is 19.6 Å². The Morgan fingerprint density at radius 3 is 2.55 bits per heavy atom. The van der Waals surface area contributed by atoms with Crippen LogP contribution < -0.4 is 4.74 Å². The van der Waals surface area contributed by atoms with Crippen LogP contribution in [0.15, 0.2) is 18.2 Å². The first-order valence-corrected chi connectivity index (χ1v) is 6.66. The van der Waals surface area contributed by atoms with Gasteiger partial charge in [0.2, 0.25) is 0 Å². The monoisotopic (exact) mass is 276 g/mol. The van der Waals surface area contributed by atoms with Crippen LogP contribution in [0.5, 0.6) is 5.75 Å². The Labute approximate surface area is 122 Å². The van der Waals surface area contributed by atoms with Crippen molar-refractivity contribution < 1.29 is 9.84 Å². The minimum atomic E-state index is -0.143. The van der Waals surface area contributed by atoms with E-state index in [1.807, 2.05) is 12.1 Å². The number of rotatable bonds is 6. The van der Waals surface area contributed by atoms with Gasteiger partial charge in [-0.1, -0.05) is 17.9 Å². The number of aliphatic hydroxyl groups is 1. The predicted octanol–water partition coefficient (Wildman–Crippen LogP) is 1.03. The maximum atomic E-state index is 8.80. The Bertz CT molecular complexity index is 475. The zero-order valence-corrected chi connectivity index (χ0v) is 12.8. The summed E-state index contributed by atoms with van der Waals surface area (Å²) in [7, 11) is 7.88.